The number of hydrogen-bond donors (Lipinski definition) is 2. The Morgan fingerprint density at radius 1 is 1.13 bits per heavy atom. The lowest BCUT2D eigenvalue weighted by Crippen LogP contribution is -2.23. The van der Waals surface area contributed by atoms with Gasteiger partial charge in [-0.15, -0.1) is 11.3 Å². The second-order valence-corrected chi connectivity index (χ2v) is 8.25. The predicted molar refractivity (Wildman–Crippen MR) is 123 cm³/mol. The molecule has 0 aliphatic carbocycles. The van der Waals surface area contributed by atoms with E-state index >= 15 is 0 Å². The van der Waals surface area contributed by atoms with Crippen molar-refractivity contribution in [2.24, 2.45) is 0 Å². The zero-order chi connectivity index (χ0) is 21.8. The minimum absolute atomic E-state index is 0.121. The summed E-state index contributed by atoms with van der Waals surface area (Å²) in [6, 6.07) is 12.7. The largest absolute Gasteiger partial charge is 0.352 e. The topological polar surface area (TPSA) is 88.9 Å². The summed E-state index contributed by atoms with van der Waals surface area (Å²) in [5.41, 5.74) is 3.12. The van der Waals surface area contributed by atoms with Gasteiger partial charge in [0.05, 0.1) is 23.7 Å². The Morgan fingerprint density at radius 3 is 2.65 bits per heavy atom. The SMILES string of the molecule is CCCNC(=O)c1ccc(NC(=O)c2cc(C)nc3c2cnn3Cc2cccs2)cc1. The van der Waals surface area contributed by atoms with E-state index in [2.05, 4.69) is 20.7 Å². The first-order valence-electron chi connectivity index (χ1n) is 10.1. The fourth-order valence-corrected chi connectivity index (χ4v) is 3.96. The molecule has 158 valence electrons. The van der Waals surface area contributed by atoms with Crippen LogP contribution in [0.3, 0.4) is 0 Å². The molecule has 0 atom stereocenters. The van der Waals surface area contributed by atoms with Gasteiger partial charge in [-0.25, -0.2) is 9.67 Å². The zero-order valence-corrected chi connectivity index (χ0v) is 18.2. The molecule has 0 fully saturated rings. The number of hydrogen-bond acceptors (Lipinski definition) is 5. The van der Waals surface area contributed by atoms with Crippen molar-refractivity contribution in [1.29, 1.82) is 0 Å². The highest BCUT2D eigenvalue weighted by molar-refractivity contribution is 7.09. The van der Waals surface area contributed by atoms with E-state index in [4.69, 9.17) is 0 Å². The maximum absolute atomic E-state index is 13.0. The lowest BCUT2D eigenvalue weighted by Gasteiger charge is -2.09. The minimum Gasteiger partial charge on any atom is -0.352 e. The molecule has 0 radical (unpaired) electrons. The number of rotatable bonds is 7. The first kappa shape index (κ1) is 20.7. The smallest absolute Gasteiger partial charge is 0.256 e. The molecule has 1 aromatic carbocycles. The summed E-state index contributed by atoms with van der Waals surface area (Å²) in [7, 11) is 0. The Labute approximate surface area is 184 Å². The van der Waals surface area contributed by atoms with Crippen LogP contribution in [0.4, 0.5) is 5.69 Å². The highest BCUT2D eigenvalue weighted by Gasteiger charge is 2.16. The van der Waals surface area contributed by atoms with Crippen LogP contribution in [-0.2, 0) is 6.54 Å². The third kappa shape index (κ3) is 4.64. The van der Waals surface area contributed by atoms with Crippen molar-refractivity contribution in [3.05, 3.63) is 75.7 Å². The maximum atomic E-state index is 13.0. The molecular formula is C23H23N5O2S. The van der Waals surface area contributed by atoms with Crippen molar-refractivity contribution in [1.82, 2.24) is 20.1 Å². The Hall–Kier alpha value is -3.52. The average Bonchev–Trinajstić information content (AvgIpc) is 3.42. The third-order valence-electron chi connectivity index (χ3n) is 4.81. The molecule has 0 unspecified atom stereocenters. The van der Waals surface area contributed by atoms with Gasteiger partial charge in [0.1, 0.15) is 0 Å². The van der Waals surface area contributed by atoms with Crippen LogP contribution in [0.25, 0.3) is 11.0 Å². The van der Waals surface area contributed by atoms with Crippen LogP contribution in [0.5, 0.6) is 0 Å². The molecule has 3 heterocycles. The fraction of sp³-hybridized carbons (Fsp3) is 0.217. The number of anilines is 1. The number of fused-ring (bicyclic) bond motifs is 1. The Morgan fingerprint density at radius 2 is 1.94 bits per heavy atom. The molecule has 0 spiro atoms. The second-order valence-electron chi connectivity index (χ2n) is 7.22. The van der Waals surface area contributed by atoms with Gasteiger partial charge in [0.15, 0.2) is 5.65 Å². The van der Waals surface area contributed by atoms with Crippen LogP contribution in [0.2, 0.25) is 0 Å². The van der Waals surface area contributed by atoms with Gasteiger partial charge in [-0.05, 0) is 55.1 Å². The van der Waals surface area contributed by atoms with Gasteiger partial charge >= 0.3 is 0 Å². The number of carbonyl (C=O) groups excluding carboxylic acids is 2. The van der Waals surface area contributed by atoms with E-state index < -0.39 is 0 Å². The quantitative estimate of drug-likeness (QED) is 0.456. The minimum atomic E-state index is -0.241. The van der Waals surface area contributed by atoms with Gasteiger partial charge in [0.25, 0.3) is 11.8 Å². The summed E-state index contributed by atoms with van der Waals surface area (Å²) in [6.07, 6.45) is 2.56. The summed E-state index contributed by atoms with van der Waals surface area (Å²) in [4.78, 5) is 30.8. The van der Waals surface area contributed by atoms with Gasteiger partial charge in [-0.2, -0.15) is 5.10 Å². The lowest BCUT2D eigenvalue weighted by atomic mass is 10.1. The molecule has 2 amide bonds. The lowest BCUT2D eigenvalue weighted by molar-refractivity contribution is 0.0953. The molecule has 0 bridgehead atoms. The van der Waals surface area contributed by atoms with E-state index in [1.807, 2.05) is 36.0 Å². The van der Waals surface area contributed by atoms with Crippen molar-refractivity contribution < 1.29 is 9.59 Å². The second kappa shape index (κ2) is 9.09. The van der Waals surface area contributed by atoms with Crippen molar-refractivity contribution in [3.63, 3.8) is 0 Å². The highest BCUT2D eigenvalue weighted by Crippen LogP contribution is 2.22. The van der Waals surface area contributed by atoms with E-state index in [1.54, 1.807) is 47.9 Å². The molecule has 0 saturated carbocycles. The number of carbonyl (C=O) groups is 2. The highest BCUT2D eigenvalue weighted by atomic mass is 32.1. The Balaban J connectivity index is 1.55. The molecule has 3 aromatic heterocycles. The van der Waals surface area contributed by atoms with Crippen molar-refractivity contribution in [2.75, 3.05) is 11.9 Å². The number of nitrogens with zero attached hydrogens (tertiary/aromatic N) is 3. The molecule has 0 saturated heterocycles. The zero-order valence-electron chi connectivity index (χ0n) is 17.4. The van der Waals surface area contributed by atoms with E-state index in [1.165, 1.54) is 4.88 Å². The van der Waals surface area contributed by atoms with Gasteiger partial charge in [0.2, 0.25) is 0 Å². The van der Waals surface area contributed by atoms with Gasteiger partial charge in [-0.3, -0.25) is 9.59 Å². The maximum Gasteiger partial charge on any atom is 0.256 e. The van der Waals surface area contributed by atoms with Crippen molar-refractivity contribution >= 4 is 39.9 Å². The van der Waals surface area contributed by atoms with Crippen LogP contribution in [0.1, 0.15) is 44.6 Å². The molecule has 8 heteroatoms. The number of aryl methyl sites for hydroxylation is 1. The molecular weight excluding hydrogens is 410 g/mol. The number of amides is 2. The fourth-order valence-electron chi connectivity index (χ4n) is 3.27. The predicted octanol–water partition coefficient (Wildman–Crippen LogP) is 4.24. The summed E-state index contributed by atoms with van der Waals surface area (Å²) in [5.74, 6) is -0.362. The molecule has 4 rings (SSSR count). The molecule has 2 N–H and O–H groups in total. The van der Waals surface area contributed by atoms with Gasteiger partial charge < -0.3 is 10.6 Å². The number of aromatic nitrogens is 3. The summed E-state index contributed by atoms with van der Waals surface area (Å²) in [6.45, 7) is 5.11. The standard InChI is InChI=1S/C23H23N5O2S/c1-3-10-24-22(29)16-6-8-17(9-7-16)27-23(30)19-12-15(2)26-21-20(19)13-25-28(21)14-18-5-4-11-31-18/h4-9,11-13H,3,10,14H2,1-2H3,(H,24,29)(H,27,30). The van der Waals surface area contributed by atoms with Gasteiger partial charge in [-0.1, -0.05) is 13.0 Å². The van der Waals surface area contributed by atoms with Crippen LogP contribution in [-0.4, -0.2) is 33.1 Å². The number of nitrogens with one attached hydrogen (secondary N) is 2. The third-order valence-corrected chi connectivity index (χ3v) is 5.67. The molecule has 4 aromatic rings. The monoisotopic (exact) mass is 433 g/mol. The normalized spacial score (nSPS) is 10.9. The number of benzene rings is 1. The van der Waals surface area contributed by atoms with Crippen LogP contribution < -0.4 is 10.6 Å². The molecule has 0 aliphatic rings. The molecule has 0 aliphatic heterocycles. The first-order chi connectivity index (χ1) is 15.0. The summed E-state index contributed by atoms with van der Waals surface area (Å²) < 4.78 is 1.81. The molecule has 31 heavy (non-hydrogen) atoms. The van der Waals surface area contributed by atoms with E-state index in [-0.39, 0.29) is 11.8 Å². The van der Waals surface area contributed by atoms with Crippen molar-refractivity contribution in [3.8, 4) is 0 Å². The molecule has 7 nitrogen and oxygen atoms in total. The summed E-state index contributed by atoms with van der Waals surface area (Å²) in [5, 5.41) is 12.9. The van der Waals surface area contributed by atoms with Crippen LogP contribution >= 0.6 is 11.3 Å². The average molecular weight is 434 g/mol. The van der Waals surface area contributed by atoms with E-state index in [9.17, 15) is 9.59 Å². The number of thiophene rings is 1. The van der Waals surface area contributed by atoms with Crippen molar-refractivity contribution in [2.45, 2.75) is 26.8 Å². The van der Waals surface area contributed by atoms with E-state index in [0.29, 0.717) is 40.9 Å². The first-order valence-corrected chi connectivity index (χ1v) is 11.0. The Kier molecular flexibility index (Phi) is 6.08. The summed E-state index contributed by atoms with van der Waals surface area (Å²) >= 11 is 1.66. The Bertz CT molecular complexity index is 1210. The van der Waals surface area contributed by atoms with Crippen LogP contribution in [0, 0.1) is 6.92 Å². The number of pyridine rings is 1. The van der Waals surface area contributed by atoms with E-state index in [0.717, 1.165) is 12.1 Å². The van der Waals surface area contributed by atoms with Gasteiger partial charge in [0, 0.05) is 28.4 Å². The van der Waals surface area contributed by atoms with Crippen LogP contribution in [0.15, 0.2) is 54.0 Å².